The molecule has 0 aliphatic carbocycles. The van der Waals surface area contributed by atoms with Crippen LogP contribution < -0.4 is 20.1 Å². The van der Waals surface area contributed by atoms with Gasteiger partial charge in [0, 0.05) is 35.4 Å². The third-order valence-electron chi connectivity index (χ3n) is 6.14. The van der Waals surface area contributed by atoms with E-state index in [4.69, 9.17) is 42.4 Å². The third kappa shape index (κ3) is 4.61. The zero-order chi connectivity index (χ0) is 26.1. The molecule has 0 radical (unpaired) electrons. The lowest BCUT2D eigenvalue weighted by molar-refractivity contribution is -0.117. The topological polar surface area (TPSA) is 125 Å². The number of aromatic nitrogens is 5. The summed E-state index contributed by atoms with van der Waals surface area (Å²) in [5, 5.41) is 15.9. The zero-order valence-corrected chi connectivity index (χ0v) is 21.5. The molecule has 1 saturated heterocycles. The molecule has 2 atom stereocenters. The number of benzene rings is 1. The van der Waals surface area contributed by atoms with Crippen LogP contribution in [0.3, 0.4) is 0 Å². The van der Waals surface area contributed by atoms with Gasteiger partial charge in [0.1, 0.15) is 17.8 Å². The minimum atomic E-state index is -0.247. The minimum Gasteiger partial charge on any atom is -0.495 e. The summed E-state index contributed by atoms with van der Waals surface area (Å²) in [6.07, 6.45) is 5.12. The predicted octanol–water partition coefficient (Wildman–Crippen LogP) is 3.54. The molecule has 4 heterocycles. The molecule has 192 valence electrons. The Labute approximate surface area is 221 Å². The molecule has 1 amide bonds. The fourth-order valence-corrected chi connectivity index (χ4v) is 5.01. The van der Waals surface area contributed by atoms with Gasteiger partial charge in [0.25, 0.3) is 0 Å². The number of hydrogen-bond acceptors (Lipinski definition) is 9. The summed E-state index contributed by atoms with van der Waals surface area (Å²) >= 11 is 13.4. The summed E-state index contributed by atoms with van der Waals surface area (Å²) in [6.45, 7) is 4.45. The van der Waals surface area contributed by atoms with E-state index in [-0.39, 0.29) is 18.0 Å². The van der Waals surface area contributed by atoms with Crippen LogP contribution in [0.15, 0.2) is 37.3 Å². The standard InChI is InChI=1S/C24H23Cl2N7O4/c1-4-18(34)29-14-5-6-37-10-15(14)30-24-27-9-12-7-13(23-32-28-11-33(23)22(12)31-24)19-20(25)16(35-2)8-17(36-3)21(19)26/h4,7-9,11,14-15H,1,5-6,10H2,2-3H3,(H,29,34)(H,27,30,31). The Kier molecular flexibility index (Phi) is 7.00. The van der Waals surface area contributed by atoms with Gasteiger partial charge in [-0.2, -0.15) is 4.98 Å². The van der Waals surface area contributed by atoms with Crippen molar-refractivity contribution in [2.45, 2.75) is 18.5 Å². The van der Waals surface area contributed by atoms with Crippen LogP contribution in [0.1, 0.15) is 6.42 Å². The molecule has 13 heteroatoms. The lowest BCUT2D eigenvalue weighted by Gasteiger charge is -2.32. The number of carbonyl (C=O) groups excluding carboxylic acids is 1. The largest absolute Gasteiger partial charge is 0.495 e. The van der Waals surface area contributed by atoms with Crippen LogP contribution >= 0.6 is 23.2 Å². The van der Waals surface area contributed by atoms with Gasteiger partial charge in [0.2, 0.25) is 11.9 Å². The second kappa shape index (κ2) is 10.4. The molecule has 2 N–H and O–H groups in total. The lowest BCUT2D eigenvalue weighted by Crippen LogP contribution is -2.52. The number of anilines is 1. The van der Waals surface area contributed by atoms with Crippen molar-refractivity contribution in [1.82, 2.24) is 29.9 Å². The van der Waals surface area contributed by atoms with Gasteiger partial charge in [0.05, 0.1) is 43.0 Å². The van der Waals surface area contributed by atoms with Crippen molar-refractivity contribution in [1.29, 1.82) is 0 Å². The molecule has 37 heavy (non-hydrogen) atoms. The van der Waals surface area contributed by atoms with Gasteiger partial charge in [-0.1, -0.05) is 29.8 Å². The maximum Gasteiger partial charge on any atom is 0.243 e. The fourth-order valence-electron chi connectivity index (χ4n) is 4.31. The fraction of sp³-hybridized carbons (Fsp3) is 0.292. The number of fused-ring (bicyclic) bond motifs is 3. The highest BCUT2D eigenvalue weighted by molar-refractivity contribution is 6.41. The zero-order valence-electron chi connectivity index (χ0n) is 20.0. The predicted molar refractivity (Wildman–Crippen MR) is 140 cm³/mol. The Balaban J connectivity index is 1.58. The number of hydrogen-bond donors (Lipinski definition) is 2. The van der Waals surface area contributed by atoms with Crippen LogP contribution in [0.4, 0.5) is 5.95 Å². The van der Waals surface area contributed by atoms with E-state index in [0.717, 1.165) is 0 Å². The molecular formula is C24H23Cl2N7O4. The van der Waals surface area contributed by atoms with Crippen molar-refractivity contribution in [2.75, 3.05) is 32.8 Å². The molecule has 0 saturated carbocycles. The van der Waals surface area contributed by atoms with Gasteiger partial charge in [0.15, 0.2) is 11.3 Å². The number of nitrogens with zero attached hydrogens (tertiary/aromatic N) is 5. The lowest BCUT2D eigenvalue weighted by atomic mass is 10.0. The summed E-state index contributed by atoms with van der Waals surface area (Å²) in [7, 11) is 3.02. The second-order valence-electron chi connectivity index (χ2n) is 8.27. The molecule has 3 aromatic heterocycles. The summed E-state index contributed by atoms with van der Waals surface area (Å²) in [5.74, 6) is 0.921. The normalized spacial score (nSPS) is 17.5. The average molecular weight is 544 g/mol. The molecule has 1 fully saturated rings. The highest BCUT2D eigenvalue weighted by atomic mass is 35.5. The highest BCUT2D eigenvalue weighted by Gasteiger charge is 2.28. The summed E-state index contributed by atoms with van der Waals surface area (Å²) in [4.78, 5) is 21.1. The summed E-state index contributed by atoms with van der Waals surface area (Å²) < 4.78 is 18.2. The Morgan fingerprint density at radius 1 is 1.19 bits per heavy atom. The van der Waals surface area contributed by atoms with Gasteiger partial charge in [-0.05, 0) is 18.6 Å². The number of nitrogens with one attached hydrogen (secondary N) is 2. The van der Waals surface area contributed by atoms with E-state index in [1.807, 2.05) is 6.07 Å². The average Bonchev–Trinajstić information content (AvgIpc) is 3.41. The van der Waals surface area contributed by atoms with Crippen LogP contribution in [-0.2, 0) is 9.53 Å². The van der Waals surface area contributed by atoms with E-state index >= 15 is 0 Å². The van der Waals surface area contributed by atoms with Gasteiger partial charge >= 0.3 is 0 Å². The number of carbonyl (C=O) groups is 1. The smallest absolute Gasteiger partial charge is 0.243 e. The number of methoxy groups -OCH3 is 2. The molecule has 0 spiro atoms. The molecule has 1 aromatic carbocycles. The number of ether oxygens (including phenoxy) is 3. The third-order valence-corrected chi connectivity index (χ3v) is 6.89. The SMILES string of the molecule is C=CC(=O)NC1CCOCC1Nc1ncc2cc(-c3c(Cl)c(OC)cc(OC)c3Cl)c3nncn3c2n1. The van der Waals surface area contributed by atoms with Crippen LogP contribution in [0.5, 0.6) is 11.5 Å². The van der Waals surface area contributed by atoms with E-state index < -0.39 is 0 Å². The monoisotopic (exact) mass is 543 g/mol. The Morgan fingerprint density at radius 2 is 1.95 bits per heavy atom. The van der Waals surface area contributed by atoms with Crippen LogP contribution in [0, 0.1) is 0 Å². The molecular weight excluding hydrogens is 521 g/mol. The van der Waals surface area contributed by atoms with Gasteiger partial charge < -0.3 is 24.8 Å². The van der Waals surface area contributed by atoms with E-state index in [1.54, 1.807) is 23.0 Å². The maximum absolute atomic E-state index is 11.9. The first-order valence-electron chi connectivity index (χ1n) is 11.3. The van der Waals surface area contributed by atoms with Crippen molar-refractivity contribution in [3.63, 3.8) is 0 Å². The molecule has 1 aliphatic heterocycles. The first-order valence-corrected chi connectivity index (χ1v) is 12.1. The molecule has 4 aromatic rings. The first kappa shape index (κ1) is 25.0. The summed E-state index contributed by atoms with van der Waals surface area (Å²) in [6, 6.07) is 3.07. The van der Waals surface area contributed by atoms with E-state index in [2.05, 4.69) is 32.4 Å². The van der Waals surface area contributed by atoms with E-state index in [9.17, 15) is 4.79 Å². The van der Waals surface area contributed by atoms with Crippen molar-refractivity contribution in [2.24, 2.45) is 0 Å². The van der Waals surface area contributed by atoms with Crippen LogP contribution in [0.25, 0.3) is 27.8 Å². The van der Waals surface area contributed by atoms with E-state index in [1.165, 1.54) is 20.3 Å². The van der Waals surface area contributed by atoms with Crippen LogP contribution in [0.2, 0.25) is 10.0 Å². The van der Waals surface area contributed by atoms with Gasteiger partial charge in [-0.25, -0.2) is 4.98 Å². The van der Waals surface area contributed by atoms with Gasteiger partial charge in [-0.3, -0.25) is 9.20 Å². The Bertz CT molecular complexity index is 1480. The number of halogens is 2. The second-order valence-corrected chi connectivity index (χ2v) is 9.03. The van der Waals surface area contributed by atoms with Crippen molar-refractivity contribution < 1.29 is 19.0 Å². The molecule has 1 aliphatic rings. The quantitative estimate of drug-likeness (QED) is 0.336. The minimum absolute atomic E-state index is 0.164. The van der Waals surface area contributed by atoms with E-state index in [0.29, 0.717) is 74.9 Å². The first-order chi connectivity index (χ1) is 17.9. The molecule has 5 rings (SSSR count). The number of amides is 1. The summed E-state index contributed by atoms with van der Waals surface area (Å²) in [5.41, 5.74) is 2.14. The van der Waals surface area contributed by atoms with Crippen LogP contribution in [-0.4, -0.2) is 70.0 Å². The number of pyridine rings is 1. The van der Waals surface area contributed by atoms with Crippen molar-refractivity contribution in [3.05, 3.63) is 47.4 Å². The Morgan fingerprint density at radius 3 is 2.65 bits per heavy atom. The van der Waals surface area contributed by atoms with Crippen molar-refractivity contribution in [3.8, 4) is 22.6 Å². The van der Waals surface area contributed by atoms with Gasteiger partial charge in [-0.15, -0.1) is 10.2 Å². The number of rotatable bonds is 7. The highest BCUT2D eigenvalue weighted by Crippen LogP contribution is 2.47. The molecule has 0 bridgehead atoms. The molecule has 11 nitrogen and oxygen atoms in total. The molecule has 2 unspecified atom stereocenters. The maximum atomic E-state index is 11.9. The Hall–Kier alpha value is -3.67. The van der Waals surface area contributed by atoms with Crippen molar-refractivity contribution >= 4 is 51.7 Å².